The fraction of sp³-hybridized carbons (Fsp3) is 0.217. The summed E-state index contributed by atoms with van der Waals surface area (Å²) in [6.45, 7) is 0. The molecule has 1 aliphatic carbocycles. The smallest absolute Gasteiger partial charge is 0.338 e. The van der Waals surface area contributed by atoms with Crippen molar-refractivity contribution in [2.75, 3.05) is 14.2 Å². The third-order valence-corrected chi connectivity index (χ3v) is 5.00. The van der Waals surface area contributed by atoms with E-state index in [1.807, 2.05) is 37.4 Å². The van der Waals surface area contributed by atoms with Gasteiger partial charge in [0, 0.05) is 24.5 Å². The van der Waals surface area contributed by atoms with Crippen LogP contribution in [-0.2, 0) is 11.2 Å². The highest BCUT2D eigenvalue weighted by molar-refractivity contribution is 5.94. The molecule has 1 aromatic heterocycles. The summed E-state index contributed by atoms with van der Waals surface area (Å²) in [6.07, 6.45) is 11.9. The fourth-order valence-corrected chi connectivity index (χ4v) is 3.52. The molecule has 4 rings (SSSR count). The molecule has 2 aromatic rings. The molecule has 1 aliphatic heterocycles. The van der Waals surface area contributed by atoms with Gasteiger partial charge in [-0.05, 0) is 36.6 Å². The number of benzene rings is 1. The number of esters is 1. The molecule has 2 heterocycles. The number of hydrogen-bond acceptors (Lipinski definition) is 5. The van der Waals surface area contributed by atoms with E-state index in [9.17, 15) is 4.79 Å². The van der Waals surface area contributed by atoms with Gasteiger partial charge in [0.25, 0.3) is 0 Å². The van der Waals surface area contributed by atoms with Crippen LogP contribution in [0, 0.1) is 0 Å². The average molecular weight is 373 g/mol. The molecule has 0 spiro atoms. The number of carbonyl (C=O) groups is 1. The highest BCUT2D eigenvalue weighted by atomic mass is 16.5. The average Bonchev–Trinajstić information content (AvgIpc) is 3.12. The highest BCUT2D eigenvalue weighted by Gasteiger charge is 2.20. The highest BCUT2D eigenvalue weighted by Crippen LogP contribution is 2.24. The van der Waals surface area contributed by atoms with Gasteiger partial charge < -0.3 is 15.0 Å². The number of nitrogens with one attached hydrogen (secondary N) is 1. The summed E-state index contributed by atoms with van der Waals surface area (Å²) in [5, 5.41) is 3.51. The van der Waals surface area contributed by atoms with Crippen LogP contribution in [0.25, 0.3) is 17.8 Å². The van der Waals surface area contributed by atoms with Crippen LogP contribution in [0.4, 0.5) is 0 Å². The van der Waals surface area contributed by atoms with Crippen LogP contribution >= 0.6 is 0 Å². The quantitative estimate of drug-likeness (QED) is 0.828. The van der Waals surface area contributed by atoms with Crippen molar-refractivity contribution < 1.29 is 9.53 Å². The van der Waals surface area contributed by atoms with Crippen molar-refractivity contribution in [1.82, 2.24) is 15.2 Å². The third-order valence-electron chi connectivity index (χ3n) is 5.00. The minimum Gasteiger partial charge on any atom is -0.465 e. The van der Waals surface area contributed by atoms with Gasteiger partial charge in [-0.3, -0.25) is 4.98 Å². The number of aryl methyl sites for hydroxylation is 1. The third kappa shape index (κ3) is 3.56. The summed E-state index contributed by atoms with van der Waals surface area (Å²) in [5.41, 5.74) is 5.38. The monoisotopic (exact) mass is 373 g/mol. The second kappa shape index (κ2) is 7.72. The normalized spacial score (nSPS) is 18.0. The standard InChI is InChI=1S/C23H23N3O2/c1-26-15-21(16-8-4-3-5-9-16)25-22(26)13-12-17-14-19(23(27)28-2)18-10-6-7-11-20(18)24-17/h3-6,8-10,12-15,22,25H,7,11H2,1-2H3/b13-12+. The van der Waals surface area contributed by atoms with E-state index in [0.717, 1.165) is 41.1 Å². The summed E-state index contributed by atoms with van der Waals surface area (Å²) < 4.78 is 4.96. The Morgan fingerprint density at radius 2 is 2.14 bits per heavy atom. The number of likely N-dealkylation sites (N-methyl/N-ethyl adjacent to an activating group) is 1. The number of ether oxygens (including phenoxy) is 1. The van der Waals surface area contributed by atoms with Crippen molar-refractivity contribution in [3.63, 3.8) is 0 Å². The van der Waals surface area contributed by atoms with E-state index in [0.29, 0.717) is 5.56 Å². The van der Waals surface area contributed by atoms with Crippen LogP contribution < -0.4 is 5.32 Å². The molecule has 142 valence electrons. The number of carbonyl (C=O) groups excluding carboxylic acids is 1. The Labute approximate surface area is 165 Å². The van der Waals surface area contributed by atoms with Gasteiger partial charge in [-0.2, -0.15) is 0 Å². The van der Waals surface area contributed by atoms with Crippen LogP contribution in [0.2, 0.25) is 0 Å². The molecule has 0 radical (unpaired) electrons. The fourth-order valence-electron chi connectivity index (χ4n) is 3.52. The first-order valence-corrected chi connectivity index (χ1v) is 9.38. The minimum atomic E-state index is -0.330. The van der Waals surface area contributed by atoms with E-state index in [4.69, 9.17) is 9.72 Å². The Bertz CT molecular complexity index is 977. The number of pyridine rings is 1. The van der Waals surface area contributed by atoms with Crippen molar-refractivity contribution in [2.24, 2.45) is 0 Å². The van der Waals surface area contributed by atoms with E-state index in [2.05, 4.69) is 40.7 Å². The summed E-state index contributed by atoms with van der Waals surface area (Å²) in [5.74, 6) is -0.330. The number of fused-ring (bicyclic) bond motifs is 1. The zero-order valence-electron chi connectivity index (χ0n) is 16.1. The molecule has 1 aromatic carbocycles. The summed E-state index contributed by atoms with van der Waals surface area (Å²) >= 11 is 0. The van der Waals surface area contributed by atoms with Crippen LogP contribution in [-0.4, -0.2) is 36.2 Å². The molecule has 5 heteroatoms. The molecule has 0 fully saturated rings. The first-order valence-electron chi connectivity index (χ1n) is 9.38. The largest absolute Gasteiger partial charge is 0.465 e. The van der Waals surface area contributed by atoms with Crippen molar-refractivity contribution in [3.8, 4) is 0 Å². The van der Waals surface area contributed by atoms with Gasteiger partial charge in [0.1, 0.15) is 6.17 Å². The topological polar surface area (TPSA) is 54.5 Å². The number of nitrogens with zero attached hydrogens (tertiary/aromatic N) is 2. The van der Waals surface area contributed by atoms with Crippen LogP contribution in [0.3, 0.4) is 0 Å². The Kier molecular flexibility index (Phi) is 4.98. The van der Waals surface area contributed by atoms with E-state index in [-0.39, 0.29) is 12.1 Å². The SMILES string of the molecule is COC(=O)c1cc(/C=C/C2NC(c3ccccc3)=CN2C)nc2c1C=CCC2. The molecular formula is C23H23N3O2. The molecule has 0 saturated heterocycles. The van der Waals surface area contributed by atoms with Gasteiger partial charge in [-0.15, -0.1) is 0 Å². The second-order valence-electron chi connectivity index (χ2n) is 6.91. The van der Waals surface area contributed by atoms with Gasteiger partial charge in [0.2, 0.25) is 0 Å². The van der Waals surface area contributed by atoms with Gasteiger partial charge in [0.15, 0.2) is 0 Å². The first kappa shape index (κ1) is 18.0. The van der Waals surface area contributed by atoms with Gasteiger partial charge in [-0.1, -0.05) is 42.5 Å². The lowest BCUT2D eigenvalue weighted by Crippen LogP contribution is -2.31. The number of allylic oxidation sites excluding steroid dienone is 1. The van der Waals surface area contributed by atoms with Crippen LogP contribution in [0.15, 0.2) is 54.8 Å². The van der Waals surface area contributed by atoms with Crippen LogP contribution in [0.5, 0.6) is 0 Å². The molecule has 5 nitrogen and oxygen atoms in total. The first-order chi connectivity index (χ1) is 13.7. The van der Waals surface area contributed by atoms with Gasteiger partial charge in [-0.25, -0.2) is 4.79 Å². The number of hydrogen-bond donors (Lipinski definition) is 1. The number of aromatic nitrogens is 1. The van der Waals surface area contributed by atoms with Crippen molar-refractivity contribution in [2.45, 2.75) is 19.0 Å². The zero-order chi connectivity index (χ0) is 19.5. The number of methoxy groups -OCH3 is 1. The van der Waals surface area contributed by atoms with Gasteiger partial charge in [0.05, 0.1) is 24.1 Å². The minimum absolute atomic E-state index is 0.0227. The second-order valence-corrected chi connectivity index (χ2v) is 6.91. The molecule has 0 saturated carbocycles. The number of rotatable bonds is 4. The van der Waals surface area contributed by atoms with E-state index in [1.165, 1.54) is 7.11 Å². The molecule has 0 amide bonds. The summed E-state index contributed by atoms with van der Waals surface area (Å²) in [7, 11) is 3.44. The zero-order valence-corrected chi connectivity index (χ0v) is 16.1. The molecule has 2 aliphatic rings. The summed E-state index contributed by atoms with van der Waals surface area (Å²) in [4.78, 5) is 19.1. The Balaban J connectivity index is 1.57. The maximum absolute atomic E-state index is 12.2. The van der Waals surface area contributed by atoms with Crippen molar-refractivity contribution >= 4 is 23.8 Å². The summed E-state index contributed by atoms with van der Waals surface area (Å²) in [6, 6.07) is 12.0. The molecule has 1 atom stereocenters. The molecular weight excluding hydrogens is 350 g/mol. The maximum Gasteiger partial charge on any atom is 0.338 e. The molecule has 1 N–H and O–H groups in total. The molecule has 28 heavy (non-hydrogen) atoms. The van der Waals surface area contributed by atoms with Crippen molar-refractivity contribution in [1.29, 1.82) is 0 Å². The Morgan fingerprint density at radius 1 is 1.32 bits per heavy atom. The maximum atomic E-state index is 12.2. The predicted octanol–water partition coefficient (Wildman–Crippen LogP) is 3.70. The van der Waals surface area contributed by atoms with Crippen LogP contribution in [0.1, 0.15) is 39.3 Å². The lowest BCUT2D eigenvalue weighted by atomic mass is 9.97. The van der Waals surface area contributed by atoms with E-state index < -0.39 is 0 Å². The van der Waals surface area contributed by atoms with E-state index in [1.54, 1.807) is 6.07 Å². The van der Waals surface area contributed by atoms with E-state index >= 15 is 0 Å². The Morgan fingerprint density at radius 3 is 2.93 bits per heavy atom. The van der Waals surface area contributed by atoms with Crippen molar-refractivity contribution in [3.05, 3.63) is 82.8 Å². The lowest BCUT2D eigenvalue weighted by molar-refractivity contribution is 0.0600. The molecule has 0 bridgehead atoms. The molecule has 1 unspecified atom stereocenters. The predicted molar refractivity (Wildman–Crippen MR) is 111 cm³/mol. The Hall–Kier alpha value is -3.34. The lowest BCUT2D eigenvalue weighted by Gasteiger charge is -2.18. The van der Waals surface area contributed by atoms with Gasteiger partial charge >= 0.3 is 5.97 Å².